The minimum Gasteiger partial charge on any atom is -0.249 e. The second-order valence-corrected chi connectivity index (χ2v) is 4.31. The van der Waals surface area contributed by atoms with Gasteiger partial charge in [0.15, 0.2) is 0 Å². The summed E-state index contributed by atoms with van der Waals surface area (Å²) in [5, 5.41) is 0. The molecule has 0 amide bonds. The van der Waals surface area contributed by atoms with Crippen molar-refractivity contribution in [2.75, 3.05) is 0 Å². The van der Waals surface area contributed by atoms with Crippen LogP contribution in [-0.2, 0) is 6.18 Å². The van der Waals surface area contributed by atoms with Crippen molar-refractivity contribution in [1.82, 2.24) is 4.98 Å². The van der Waals surface area contributed by atoms with Crippen LogP contribution in [0.5, 0.6) is 0 Å². The van der Waals surface area contributed by atoms with E-state index < -0.39 is 28.2 Å². The van der Waals surface area contributed by atoms with Gasteiger partial charge in [-0.25, -0.2) is 13.8 Å². The molecule has 0 atom stereocenters. The van der Waals surface area contributed by atoms with E-state index in [-0.39, 0.29) is 3.70 Å². The van der Waals surface area contributed by atoms with Crippen LogP contribution in [-0.4, -0.2) is 4.98 Å². The number of nitrogens with zero attached hydrogens (tertiary/aromatic N) is 1. The molecule has 1 aromatic rings. The highest BCUT2D eigenvalue weighted by molar-refractivity contribution is 14.1. The Morgan fingerprint density at radius 3 is 2.27 bits per heavy atom. The Balaban J connectivity index is 3.49. The topological polar surface area (TPSA) is 12.9 Å². The number of hydrogen-bond donors (Lipinski definition) is 0. The van der Waals surface area contributed by atoms with Gasteiger partial charge >= 0.3 is 6.18 Å². The van der Waals surface area contributed by atoms with Crippen LogP contribution >= 0.6 is 38.5 Å². The summed E-state index contributed by atoms with van der Waals surface area (Å²) in [7, 11) is 0. The van der Waals surface area contributed by atoms with Gasteiger partial charge in [-0.3, -0.25) is 0 Å². The summed E-state index contributed by atoms with van der Waals surface area (Å²) in [6.45, 7) is 0. The Morgan fingerprint density at radius 2 is 1.87 bits per heavy atom. The van der Waals surface area contributed by atoms with Gasteiger partial charge in [-0.05, 0) is 38.5 Å². The first-order valence-electron chi connectivity index (χ1n) is 3.44. The molecule has 0 aromatic carbocycles. The molecule has 84 valence electrons. The van der Waals surface area contributed by atoms with Crippen molar-refractivity contribution in [3.63, 3.8) is 0 Å². The van der Waals surface area contributed by atoms with Gasteiger partial charge in [0.1, 0.15) is 3.70 Å². The molecular weight excluding hydrogens is 400 g/mol. The van der Waals surface area contributed by atoms with Crippen LogP contribution in [0.3, 0.4) is 0 Å². The minimum atomic E-state index is -4.83. The second kappa shape index (κ2) is 4.48. The quantitative estimate of drug-likeness (QED) is 0.386. The smallest absolute Gasteiger partial charge is 0.249 e. The van der Waals surface area contributed by atoms with Crippen LogP contribution < -0.4 is 0 Å². The minimum absolute atomic E-state index is 0.00988. The maximum absolute atomic E-state index is 12.5. The van der Waals surface area contributed by atoms with Crippen molar-refractivity contribution < 1.29 is 22.0 Å². The van der Waals surface area contributed by atoms with Crippen molar-refractivity contribution >= 4 is 38.5 Å². The molecule has 0 aliphatic carbocycles. The summed E-state index contributed by atoms with van der Waals surface area (Å²) in [4.78, 5) is 3.43. The predicted molar refractivity (Wildman–Crippen MR) is 54.6 cm³/mol. The Morgan fingerprint density at radius 1 is 1.33 bits per heavy atom. The van der Waals surface area contributed by atoms with Crippen molar-refractivity contribution in [3.8, 4) is 0 Å². The first-order valence-corrected chi connectivity index (χ1v) is 5.31. The van der Waals surface area contributed by atoms with E-state index in [9.17, 15) is 22.0 Å². The first-order chi connectivity index (χ1) is 6.75. The fourth-order valence-corrected chi connectivity index (χ4v) is 1.90. The maximum atomic E-state index is 12.5. The van der Waals surface area contributed by atoms with Gasteiger partial charge in [0, 0.05) is 11.8 Å². The van der Waals surface area contributed by atoms with E-state index in [4.69, 9.17) is 0 Å². The number of rotatable bonds is 1. The fourth-order valence-electron chi connectivity index (χ4n) is 0.931. The van der Waals surface area contributed by atoms with Crippen molar-refractivity contribution in [2.45, 2.75) is 12.6 Å². The lowest BCUT2D eigenvalue weighted by Crippen LogP contribution is -2.12. The molecule has 0 saturated carbocycles. The number of hydrogen-bond acceptors (Lipinski definition) is 1. The van der Waals surface area contributed by atoms with E-state index in [1.165, 1.54) is 22.6 Å². The average Bonchev–Trinajstić information content (AvgIpc) is 2.06. The zero-order valence-corrected chi connectivity index (χ0v) is 10.5. The lowest BCUT2D eigenvalue weighted by atomic mass is 10.1. The van der Waals surface area contributed by atoms with Crippen molar-refractivity contribution in [1.29, 1.82) is 0 Å². The normalized spacial score (nSPS) is 12.3. The van der Waals surface area contributed by atoms with Crippen LogP contribution in [0, 0.1) is 3.70 Å². The molecule has 15 heavy (non-hydrogen) atoms. The molecule has 0 unspecified atom stereocenters. The highest BCUT2D eigenvalue weighted by atomic mass is 127. The summed E-state index contributed by atoms with van der Waals surface area (Å²) in [5.41, 5.74) is -2.48. The fraction of sp³-hybridized carbons (Fsp3) is 0.286. The van der Waals surface area contributed by atoms with E-state index in [1.54, 1.807) is 0 Å². The van der Waals surface area contributed by atoms with Gasteiger partial charge in [-0.15, -0.1) is 0 Å². The molecule has 0 aliphatic heterocycles. The van der Waals surface area contributed by atoms with Gasteiger partial charge < -0.3 is 0 Å². The van der Waals surface area contributed by atoms with Gasteiger partial charge in [0.05, 0.1) is 10.0 Å². The molecule has 1 heterocycles. The van der Waals surface area contributed by atoms with Crippen molar-refractivity contribution in [3.05, 3.63) is 25.5 Å². The van der Waals surface area contributed by atoms with E-state index in [1.807, 2.05) is 0 Å². The lowest BCUT2D eigenvalue weighted by Gasteiger charge is -2.14. The van der Waals surface area contributed by atoms with Gasteiger partial charge in [0.25, 0.3) is 6.43 Å². The molecule has 0 saturated heterocycles. The standard InChI is InChI=1S/C7H2BrF5IN/c8-4-3(7(11,12)13)2(5(9)10)1-15-6(4)14/h1,5H. The predicted octanol–water partition coefficient (Wildman–Crippen LogP) is 4.41. The SMILES string of the molecule is FC(F)c1cnc(I)c(Br)c1C(F)(F)F. The molecule has 1 nitrogen and oxygen atoms in total. The third-order valence-corrected chi connectivity index (χ3v) is 3.86. The third-order valence-electron chi connectivity index (χ3n) is 1.52. The third kappa shape index (κ3) is 2.77. The molecule has 8 heteroatoms. The largest absolute Gasteiger partial charge is 0.418 e. The molecule has 1 rings (SSSR count). The zero-order valence-electron chi connectivity index (χ0n) is 6.75. The summed E-state index contributed by atoms with van der Waals surface area (Å²) in [5.74, 6) is 0. The number of alkyl halides is 5. The highest BCUT2D eigenvalue weighted by Gasteiger charge is 2.39. The summed E-state index contributed by atoms with van der Waals surface area (Å²) >= 11 is 4.14. The number of aromatic nitrogens is 1. The van der Waals surface area contributed by atoms with Crippen molar-refractivity contribution in [2.24, 2.45) is 0 Å². The monoisotopic (exact) mass is 401 g/mol. The van der Waals surface area contributed by atoms with Crippen LogP contribution in [0.2, 0.25) is 0 Å². The van der Waals surface area contributed by atoms with E-state index >= 15 is 0 Å². The molecule has 0 N–H and O–H groups in total. The van der Waals surface area contributed by atoms with Crippen LogP contribution in [0.15, 0.2) is 10.7 Å². The highest BCUT2D eigenvalue weighted by Crippen LogP contribution is 2.41. The second-order valence-electron chi connectivity index (χ2n) is 2.49. The van der Waals surface area contributed by atoms with E-state index in [0.29, 0.717) is 6.20 Å². The molecule has 0 bridgehead atoms. The molecule has 0 fully saturated rings. The number of pyridine rings is 1. The van der Waals surface area contributed by atoms with Crippen LogP contribution in [0.4, 0.5) is 22.0 Å². The van der Waals surface area contributed by atoms with E-state index in [0.717, 1.165) is 0 Å². The van der Waals surface area contributed by atoms with Gasteiger partial charge in [-0.1, -0.05) is 0 Å². The molecule has 0 spiro atoms. The van der Waals surface area contributed by atoms with E-state index in [2.05, 4.69) is 20.9 Å². The Bertz CT molecular complexity index is 378. The molecule has 1 aromatic heterocycles. The summed E-state index contributed by atoms with van der Waals surface area (Å²) in [6.07, 6.45) is -7.49. The Kier molecular flexibility index (Phi) is 3.90. The Hall–Kier alpha value is 0.01000. The lowest BCUT2D eigenvalue weighted by molar-refractivity contribution is -0.140. The first kappa shape index (κ1) is 13.1. The molecule has 0 radical (unpaired) electrons. The zero-order chi connectivity index (χ0) is 11.8. The van der Waals surface area contributed by atoms with Gasteiger partial charge in [0.2, 0.25) is 0 Å². The molecule has 0 aliphatic rings. The number of halogens is 7. The maximum Gasteiger partial charge on any atom is 0.418 e. The molecular formula is C7H2BrF5IN. The Labute approximate surface area is 103 Å². The summed E-state index contributed by atoms with van der Waals surface area (Å²) in [6, 6.07) is 0. The average molecular weight is 402 g/mol. The van der Waals surface area contributed by atoms with Crippen LogP contribution in [0.1, 0.15) is 17.6 Å². The van der Waals surface area contributed by atoms with Crippen LogP contribution in [0.25, 0.3) is 0 Å². The van der Waals surface area contributed by atoms with Gasteiger partial charge in [-0.2, -0.15) is 13.2 Å². The summed E-state index contributed by atoms with van der Waals surface area (Å²) < 4.78 is 61.5.